The van der Waals surface area contributed by atoms with Gasteiger partial charge in [-0.05, 0) is 55.4 Å². The first-order valence-electron chi connectivity index (χ1n) is 9.29. The Bertz CT molecular complexity index is 908. The van der Waals surface area contributed by atoms with E-state index in [2.05, 4.69) is 44.2 Å². The quantitative estimate of drug-likeness (QED) is 0.848. The monoisotopic (exact) mass is 348 g/mol. The van der Waals surface area contributed by atoms with Crippen LogP contribution in [-0.2, 0) is 16.0 Å². The minimum atomic E-state index is -0.728. The van der Waals surface area contributed by atoms with Crippen molar-refractivity contribution in [2.24, 2.45) is 0 Å². The number of aliphatic hydroxyl groups excluding tert-OH is 1. The SMILES string of the molecule is CCc1cc(-c2ccc(C)cc2)ccc1C1=C(O)C2(C)CCC(O2)C1=O. The maximum atomic E-state index is 12.9. The molecule has 0 aromatic heterocycles. The Morgan fingerprint density at radius 1 is 1.15 bits per heavy atom. The van der Waals surface area contributed by atoms with Gasteiger partial charge in [0, 0.05) is 0 Å². The van der Waals surface area contributed by atoms with Crippen LogP contribution in [0.25, 0.3) is 16.7 Å². The highest BCUT2D eigenvalue weighted by molar-refractivity contribution is 6.25. The summed E-state index contributed by atoms with van der Waals surface area (Å²) in [7, 11) is 0. The molecule has 0 spiro atoms. The van der Waals surface area contributed by atoms with E-state index in [1.165, 1.54) is 5.56 Å². The Morgan fingerprint density at radius 3 is 2.54 bits per heavy atom. The maximum Gasteiger partial charge on any atom is 0.195 e. The summed E-state index contributed by atoms with van der Waals surface area (Å²) in [5.74, 6) is 0.00398. The summed E-state index contributed by atoms with van der Waals surface area (Å²) in [6, 6.07) is 14.6. The molecular weight excluding hydrogens is 324 g/mol. The van der Waals surface area contributed by atoms with Crippen molar-refractivity contribution in [1.82, 2.24) is 0 Å². The molecule has 2 unspecified atom stereocenters. The molecular formula is C23H24O3. The van der Waals surface area contributed by atoms with Crippen molar-refractivity contribution in [2.45, 2.75) is 51.7 Å². The van der Waals surface area contributed by atoms with Crippen molar-refractivity contribution in [3.8, 4) is 11.1 Å². The molecule has 2 aliphatic rings. The van der Waals surface area contributed by atoms with Crippen LogP contribution in [0.2, 0.25) is 0 Å². The predicted octanol–water partition coefficient (Wildman–Crippen LogP) is 5.01. The second-order valence-electron chi connectivity index (χ2n) is 7.56. The highest BCUT2D eigenvalue weighted by Crippen LogP contribution is 2.45. The molecule has 2 aliphatic heterocycles. The lowest BCUT2D eigenvalue weighted by atomic mass is 9.87. The predicted molar refractivity (Wildman–Crippen MR) is 103 cm³/mol. The van der Waals surface area contributed by atoms with Crippen LogP contribution in [0.5, 0.6) is 0 Å². The van der Waals surface area contributed by atoms with Gasteiger partial charge in [0.05, 0.1) is 5.57 Å². The van der Waals surface area contributed by atoms with E-state index in [1.54, 1.807) is 0 Å². The number of ether oxygens (including phenoxy) is 1. The van der Waals surface area contributed by atoms with Gasteiger partial charge in [-0.3, -0.25) is 4.79 Å². The lowest BCUT2D eigenvalue weighted by Crippen LogP contribution is -2.37. The van der Waals surface area contributed by atoms with Crippen LogP contribution in [0, 0.1) is 6.92 Å². The van der Waals surface area contributed by atoms with E-state index in [9.17, 15) is 9.90 Å². The van der Waals surface area contributed by atoms with Gasteiger partial charge in [0.25, 0.3) is 0 Å². The third kappa shape index (κ3) is 2.58. The van der Waals surface area contributed by atoms with Crippen molar-refractivity contribution >= 4 is 11.4 Å². The number of aliphatic hydroxyl groups is 1. The molecule has 3 nitrogen and oxygen atoms in total. The second-order valence-corrected chi connectivity index (χ2v) is 7.56. The van der Waals surface area contributed by atoms with Crippen LogP contribution >= 0.6 is 0 Å². The maximum absolute atomic E-state index is 12.9. The van der Waals surface area contributed by atoms with E-state index in [4.69, 9.17) is 4.74 Å². The molecule has 26 heavy (non-hydrogen) atoms. The fourth-order valence-electron chi connectivity index (χ4n) is 4.06. The normalized spacial score (nSPS) is 25.0. The number of carbonyl (C=O) groups is 1. The van der Waals surface area contributed by atoms with Gasteiger partial charge in [0.1, 0.15) is 17.5 Å². The molecule has 3 heteroatoms. The summed E-state index contributed by atoms with van der Waals surface area (Å²) in [4.78, 5) is 12.9. The van der Waals surface area contributed by atoms with E-state index in [1.807, 2.05) is 19.1 Å². The standard InChI is InChI=1S/C23H24O3/c1-4-15-13-17(16-7-5-14(2)6-8-16)9-10-18(15)20-21(24)19-11-12-23(3,26-19)22(20)25/h5-10,13,19,25H,4,11-12H2,1-3H3. The second kappa shape index (κ2) is 6.10. The topological polar surface area (TPSA) is 46.5 Å². The molecule has 2 heterocycles. The van der Waals surface area contributed by atoms with Crippen molar-refractivity contribution < 1.29 is 14.6 Å². The van der Waals surface area contributed by atoms with E-state index < -0.39 is 11.7 Å². The number of ketones is 1. The first-order valence-corrected chi connectivity index (χ1v) is 9.29. The Kier molecular flexibility index (Phi) is 4.00. The average molecular weight is 348 g/mol. The Labute approximate surface area is 154 Å². The molecule has 1 saturated heterocycles. The number of benzene rings is 2. The van der Waals surface area contributed by atoms with E-state index in [-0.39, 0.29) is 11.5 Å². The average Bonchev–Trinajstić information content (AvgIpc) is 3.02. The molecule has 4 rings (SSSR count). The van der Waals surface area contributed by atoms with Crippen LogP contribution in [-0.4, -0.2) is 22.6 Å². The van der Waals surface area contributed by atoms with Crippen LogP contribution in [0.1, 0.15) is 43.4 Å². The molecule has 2 bridgehead atoms. The van der Waals surface area contributed by atoms with E-state index in [0.29, 0.717) is 18.4 Å². The molecule has 2 atom stereocenters. The van der Waals surface area contributed by atoms with Crippen LogP contribution in [0.3, 0.4) is 0 Å². The summed E-state index contributed by atoms with van der Waals surface area (Å²) < 4.78 is 5.78. The van der Waals surface area contributed by atoms with Crippen molar-refractivity contribution in [3.05, 3.63) is 64.9 Å². The van der Waals surface area contributed by atoms with Crippen molar-refractivity contribution in [2.75, 3.05) is 0 Å². The minimum Gasteiger partial charge on any atom is -0.508 e. The van der Waals surface area contributed by atoms with Gasteiger partial charge >= 0.3 is 0 Å². The molecule has 0 radical (unpaired) electrons. The summed E-state index contributed by atoms with van der Waals surface area (Å²) in [5.41, 5.74) is 5.14. The molecule has 2 aromatic carbocycles. The zero-order valence-electron chi connectivity index (χ0n) is 15.5. The Hall–Kier alpha value is -2.39. The Morgan fingerprint density at radius 2 is 1.85 bits per heavy atom. The number of aryl methyl sites for hydroxylation is 2. The van der Waals surface area contributed by atoms with Gasteiger partial charge in [0.2, 0.25) is 0 Å². The third-order valence-electron chi connectivity index (χ3n) is 5.70. The van der Waals surface area contributed by atoms with E-state index >= 15 is 0 Å². The van der Waals surface area contributed by atoms with Crippen molar-refractivity contribution in [1.29, 1.82) is 0 Å². The molecule has 0 saturated carbocycles. The van der Waals surface area contributed by atoms with Gasteiger partial charge in [0.15, 0.2) is 5.78 Å². The molecule has 2 aromatic rings. The summed E-state index contributed by atoms with van der Waals surface area (Å²) >= 11 is 0. The van der Waals surface area contributed by atoms with Gasteiger partial charge < -0.3 is 9.84 Å². The molecule has 0 aliphatic carbocycles. The summed E-state index contributed by atoms with van der Waals surface area (Å²) in [6.07, 6.45) is 1.72. The van der Waals surface area contributed by atoms with Gasteiger partial charge in [-0.2, -0.15) is 0 Å². The third-order valence-corrected chi connectivity index (χ3v) is 5.70. The molecule has 1 N–H and O–H groups in total. The molecule has 134 valence electrons. The first kappa shape index (κ1) is 17.0. The number of Topliss-reactive ketones (excluding diaryl/α,β-unsaturated/α-hetero) is 1. The lowest BCUT2D eigenvalue weighted by Gasteiger charge is -2.31. The summed E-state index contributed by atoms with van der Waals surface area (Å²) in [5, 5.41) is 10.8. The van der Waals surface area contributed by atoms with Gasteiger partial charge in [-0.15, -0.1) is 0 Å². The summed E-state index contributed by atoms with van der Waals surface area (Å²) in [6.45, 7) is 6.03. The van der Waals surface area contributed by atoms with E-state index in [0.717, 1.165) is 28.7 Å². The number of rotatable bonds is 3. The first-order chi connectivity index (χ1) is 12.4. The lowest BCUT2D eigenvalue weighted by molar-refractivity contribution is -0.130. The number of carbonyl (C=O) groups excluding carboxylic acids is 1. The zero-order chi connectivity index (χ0) is 18.5. The minimum absolute atomic E-state index is 0.0877. The van der Waals surface area contributed by atoms with Gasteiger partial charge in [-0.25, -0.2) is 0 Å². The van der Waals surface area contributed by atoms with Crippen molar-refractivity contribution in [3.63, 3.8) is 0 Å². The zero-order valence-corrected chi connectivity index (χ0v) is 15.5. The molecule has 1 fully saturated rings. The highest BCUT2D eigenvalue weighted by atomic mass is 16.5. The molecule has 0 amide bonds. The fourth-order valence-corrected chi connectivity index (χ4v) is 4.06. The number of hydrogen-bond acceptors (Lipinski definition) is 3. The smallest absolute Gasteiger partial charge is 0.195 e. The van der Waals surface area contributed by atoms with Gasteiger partial charge in [-0.1, -0.05) is 55.0 Å². The highest BCUT2D eigenvalue weighted by Gasteiger charge is 2.50. The van der Waals surface area contributed by atoms with Crippen LogP contribution in [0.15, 0.2) is 48.2 Å². The van der Waals surface area contributed by atoms with Crippen LogP contribution < -0.4 is 0 Å². The Balaban J connectivity index is 1.82. The largest absolute Gasteiger partial charge is 0.508 e. The number of fused-ring (bicyclic) bond motifs is 2. The fraction of sp³-hybridized carbons (Fsp3) is 0.348. The number of hydrogen-bond donors (Lipinski definition) is 1. The van der Waals surface area contributed by atoms with Crippen LogP contribution in [0.4, 0.5) is 0 Å².